The van der Waals surface area contributed by atoms with Crippen LogP contribution in [0.15, 0.2) is 30.5 Å². The number of benzene rings is 1. The number of aromatic nitrogens is 1. The second-order valence-electron chi connectivity index (χ2n) is 9.18. The Labute approximate surface area is 211 Å². The number of para-hydroxylation sites is 1. The normalized spacial score (nSPS) is 13.6. The van der Waals surface area contributed by atoms with Gasteiger partial charge in [0.15, 0.2) is 0 Å². The van der Waals surface area contributed by atoms with Gasteiger partial charge in [-0.3, -0.25) is 19.2 Å². The van der Waals surface area contributed by atoms with Gasteiger partial charge in [-0.2, -0.15) is 0 Å². The molecule has 2 aromatic rings. The molecule has 0 saturated carbocycles. The van der Waals surface area contributed by atoms with Crippen LogP contribution in [0.2, 0.25) is 0 Å². The second kappa shape index (κ2) is 14.9. The van der Waals surface area contributed by atoms with E-state index < -0.39 is 41.8 Å². The van der Waals surface area contributed by atoms with E-state index in [9.17, 15) is 19.2 Å². The molecule has 198 valence electrons. The topological polar surface area (TPSA) is 180 Å². The van der Waals surface area contributed by atoms with Gasteiger partial charge in [-0.05, 0) is 24.5 Å². The highest BCUT2D eigenvalue weighted by Gasteiger charge is 2.28. The van der Waals surface area contributed by atoms with Gasteiger partial charge in [-0.25, -0.2) is 0 Å². The van der Waals surface area contributed by atoms with E-state index in [0.717, 1.165) is 48.6 Å². The lowest BCUT2D eigenvalue weighted by atomic mass is 10.0. The lowest BCUT2D eigenvalue weighted by Gasteiger charge is -2.23. The molecule has 0 radical (unpaired) electrons. The van der Waals surface area contributed by atoms with Crippen LogP contribution in [-0.2, 0) is 25.6 Å². The summed E-state index contributed by atoms with van der Waals surface area (Å²) in [7, 11) is 0. The Morgan fingerprint density at radius 1 is 0.944 bits per heavy atom. The first-order chi connectivity index (χ1) is 17.2. The predicted octanol–water partition coefficient (Wildman–Crippen LogP) is 2.11. The van der Waals surface area contributed by atoms with Crippen molar-refractivity contribution in [2.24, 2.45) is 11.5 Å². The van der Waals surface area contributed by atoms with E-state index in [1.54, 1.807) is 6.20 Å². The molecule has 0 fully saturated rings. The minimum Gasteiger partial charge on any atom is -0.481 e. The number of carbonyl (C=O) groups excluding carboxylic acids is 3. The molecule has 3 atom stereocenters. The molecule has 0 saturated heterocycles. The monoisotopic (exact) mass is 501 g/mol. The Balaban J connectivity index is 2.00. The second-order valence-corrected chi connectivity index (χ2v) is 9.18. The van der Waals surface area contributed by atoms with Crippen LogP contribution in [0, 0.1) is 0 Å². The van der Waals surface area contributed by atoms with Crippen LogP contribution in [-0.4, -0.2) is 51.9 Å². The van der Waals surface area contributed by atoms with Crippen molar-refractivity contribution in [1.82, 2.24) is 15.6 Å². The van der Waals surface area contributed by atoms with Crippen LogP contribution in [0.3, 0.4) is 0 Å². The number of H-pyrrole nitrogens is 1. The highest BCUT2D eigenvalue weighted by Crippen LogP contribution is 2.19. The highest BCUT2D eigenvalue weighted by atomic mass is 16.4. The van der Waals surface area contributed by atoms with Gasteiger partial charge in [0.2, 0.25) is 17.7 Å². The zero-order chi connectivity index (χ0) is 26.5. The van der Waals surface area contributed by atoms with Gasteiger partial charge < -0.3 is 32.2 Å². The van der Waals surface area contributed by atoms with Crippen LogP contribution in [0.25, 0.3) is 10.9 Å². The molecule has 1 aromatic heterocycles. The Bertz CT molecular complexity index is 1020. The molecule has 1 heterocycles. The van der Waals surface area contributed by atoms with Crippen molar-refractivity contribution in [3.8, 4) is 0 Å². The Morgan fingerprint density at radius 2 is 1.61 bits per heavy atom. The third-order valence-corrected chi connectivity index (χ3v) is 6.24. The molecule has 0 aliphatic rings. The molecule has 10 heteroatoms. The van der Waals surface area contributed by atoms with Crippen molar-refractivity contribution in [3.05, 3.63) is 36.0 Å². The maximum Gasteiger partial charge on any atom is 0.303 e. The Kier molecular flexibility index (Phi) is 11.9. The predicted molar refractivity (Wildman–Crippen MR) is 138 cm³/mol. The molecular weight excluding hydrogens is 462 g/mol. The summed E-state index contributed by atoms with van der Waals surface area (Å²) in [5.41, 5.74) is 13.2. The third-order valence-electron chi connectivity index (χ3n) is 6.24. The molecular formula is C26H39N5O5. The number of primary amides is 1. The molecule has 36 heavy (non-hydrogen) atoms. The van der Waals surface area contributed by atoms with E-state index in [2.05, 4.69) is 22.5 Å². The smallest absolute Gasteiger partial charge is 0.303 e. The molecule has 0 aliphatic carbocycles. The van der Waals surface area contributed by atoms with E-state index in [4.69, 9.17) is 16.6 Å². The average Bonchev–Trinajstić information content (AvgIpc) is 3.25. The highest BCUT2D eigenvalue weighted by molar-refractivity contribution is 5.93. The number of carboxylic acid groups (broad SMARTS) is 1. The first-order valence-electron chi connectivity index (χ1n) is 12.6. The Hall–Kier alpha value is -3.40. The number of aliphatic carboxylic acids is 1. The van der Waals surface area contributed by atoms with Crippen LogP contribution in [0.5, 0.6) is 0 Å². The molecule has 1 unspecified atom stereocenters. The maximum atomic E-state index is 13.0. The summed E-state index contributed by atoms with van der Waals surface area (Å²) >= 11 is 0. The van der Waals surface area contributed by atoms with Gasteiger partial charge in [-0.15, -0.1) is 0 Å². The summed E-state index contributed by atoms with van der Waals surface area (Å²) in [6.45, 7) is 2.14. The number of nitrogens with two attached hydrogens (primary N) is 2. The van der Waals surface area contributed by atoms with Crippen molar-refractivity contribution in [2.75, 3.05) is 0 Å². The van der Waals surface area contributed by atoms with Crippen LogP contribution < -0.4 is 22.1 Å². The number of fused-ring (bicyclic) bond motifs is 1. The van der Waals surface area contributed by atoms with Gasteiger partial charge in [0.1, 0.15) is 12.1 Å². The fraction of sp³-hybridized carbons (Fsp3) is 0.538. The van der Waals surface area contributed by atoms with E-state index in [-0.39, 0.29) is 19.3 Å². The lowest BCUT2D eigenvalue weighted by Crippen LogP contribution is -2.55. The molecule has 2 rings (SSSR count). The van der Waals surface area contributed by atoms with Crippen molar-refractivity contribution in [2.45, 2.75) is 89.3 Å². The molecule has 0 bridgehead atoms. The van der Waals surface area contributed by atoms with Crippen LogP contribution >= 0.6 is 0 Å². The summed E-state index contributed by atoms with van der Waals surface area (Å²) in [6, 6.07) is 4.51. The summed E-state index contributed by atoms with van der Waals surface area (Å²) in [5, 5.41) is 15.1. The van der Waals surface area contributed by atoms with Gasteiger partial charge in [0.05, 0.1) is 6.04 Å². The summed E-state index contributed by atoms with van der Waals surface area (Å²) in [5.74, 6) is -3.05. The third kappa shape index (κ3) is 9.33. The van der Waals surface area contributed by atoms with Gasteiger partial charge in [-0.1, -0.05) is 63.6 Å². The van der Waals surface area contributed by atoms with E-state index in [1.165, 1.54) is 6.42 Å². The number of hydrogen-bond donors (Lipinski definition) is 6. The average molecular weight is 502 g/mol. The molecule has 0 aliphatic heterocycles. The number of amides is 3. The minimum absolute atomic E-state index is 0.141. The zero-order valence-electron chi connectivity index (χ0n) is 20.9. The lowest BCUT2D eigenvalue weighted by molar-refractivity contribution is -0.138. The largest absolute Gasteiger partial charge is 0.481 e. The van der Waals surface area contributed by atoms with Gasteiger partial charge in [0, 0.05) is 29.9 Å². The van der Waals surface area contributed by atoms with Gasteiger partial charge in [0.25, 0.3) is 0 Å². The van der Waals surface area contributed by atoms with Gasteiger partial charge >= 0.3 is 5.97 Å². The van der Waals surface area contributed by atoms with Crippen LogP contribution in [0.1, 0.15) is 70.3 Å². The summed E-state index contributed by atoms with van der Waals surface area (Å²) < 4.78 is 0. The molecule has 10 nitrogen and oxygen atoms in total. The molecule has 3 amide bonds. The number of nitrogens with one attached hydrogen (secondary N) is 3. The standard InChI is InChI=1S/C26H39N5O5/c1-2-3-4-5-6-7-11-19(27)25(35)30-21(13-14-23(32)33)26(36)31-22(24(28)34)15-17-16-29-20-12-9-8-10-18(17)20/h8-10,12,16,19,21-22,29H,2-7,11,13-15,27H2,1H3,(H2,28,34)(H,30,35)(H,31,36)(H,32,33)/t19?,21-,22-/m0/s1. The summed E-state index contributed by atoms with van der Waals surface area (Å²) in [4.78, 5) is 52.0. The summed E-state index contributed by atoms with van der Waals surface area (Å²) in [6.07, 6.45) is 8.20. The first-order valence-corrected chi connectivity index (χ1v) is 12.6. The minimum atomic E-state index is -1.16. The fourth-order valence-corrected chi connectivity index (χ4v) is 4.11. The number of carbonyl (C=O) groups is 4. The van der Waals surface area contributed by atoms with Crippen LogP contribution in [0.4, 0.5) is 0 Å². The Morgan fingerprint density at radius 3 is 2.31 bits per heavy atom. The van der Waals surface area contributed by atoms with E-state index in [1.807, 2.05) is 24.3 Å². The van der Waals surface area contributed by atoms with E-state index in [0.29, 0.717) is 6.42 Å². The number of rotatable bonds is 17. The maximum absolute atomic E-state index is 13.0. The number of aromatic amines is 1. The van der Waals surface area contributed by atoms with Crippen molar-refractivity contribution >= 4 is 34.6 Å². The molecule has 1 aromatic carbocycles. The van der Waals surface area contributed by atoms with Crippen molar-refractivity contribution < 1.29 is 24.3 Å². The number of unbranched alkanes of at least 4 members (excludes halogenated alkanes) is 5. The fourth-order valence-electron chi connectivity index (χ4n) is 4.11. The van der Waals surface area contributed by atoms with Crippen molar-refractivity contribution in [3.63, 3.8) is 0 Å². The SMILES string of the molecule is CCCCCCCCC(N)C(=O)N[C@@H](CCC(=O)O)C(=O)N[C@@H](Cc1c[nH]c2ccccc12)C(N)=O. The quantitative estimate of drug-likeness (QED) is 0.181. The van der Waals surface area contributed by atoms with Crippen molar-refractivity contribution in [1.29, 1.82) is 0 Å². The first kappa shape index (κ1) is 28.8. The van der Waals surface area contributed by atoms with E-state index >= 15 is 0 Å². The molecule has 0 spiro atoms. The number of carboxylic acids is 1. The zero-order valence-corrected chi connectivity index (χ0v) is 20.9. The molecule has 8 N–H and O–H groups in total. The number of hydrogen-bond acceptors (Lipinski definition) is 5.